The van der Waals surface area contributed by atoms with Gasteiger partial charge in [0.15, 0.2) is 0 Å². The Morgan fingerprint density at radius 2 is 2.06 bits per heavy atom. The van der Waals surface area contributed by atoms with Crippen LogP contribution in [0.1, 0.15) is 30.9 Å². The van der Waals surface area contributed by atoms with E-state index in [1.165, 1.54) is 12.8 Å². The van der Waals surface area contributed by atoms with Crippen molar-refractivity contribution in [3.05, 3.63) is 27.7 Å². The lowest BCUT2D eigenvalue weighted by Gasteiger charge is -2.25. The summed E-state index contributed by atoms with van der Waals surface area (Å²) in [4.78, 5) is 0. The minimum atomic E-state index is 0.324. The maximum absolute atomic E-state index is 6.23. The van der Waals surface area contributed by atoms with Gasteiger partial charge in [-0.15, -0.1) is 0 Å². The molecule has 1 heterocycles. The molecule has 0 radical (unpaired) electrons. The van der Waals surface area contributed by atoms with E-state index in [-0.39, 0.29) is 0 Å². The number of benzene rings is 1. The highest BCUT2D eigenvalue weighted by Crippen LogP contribution is 2.36. The first-order valence-electron chi connectivity index (χ1n) is 5.48. The molecule has 1 aromatic carbocycles. The molecule has 0 aromatic heterocycles. The normalized spacial score (nSPS) is 20.8. The van der Waals surface area contributed by atoms with Crippen LogP contribution in [0.3, 0.4) is 0 Å². The number of hydrogen-bond acceptors (Lipinski definition) is 2. The van der Waals surface area contributed by atoms with Crippen LogP contribution in [0.5, 0.6) is 5.75 Å². The van der Waals surface area contributed by atoms with Gasteiger partial charge in [0.25, 0.3) is 0 Å². The molecule has 88 valence electrons. The predicted octanol–water partition coefficient (Wildman–Crippen LogP) is 3.82. The second-order valence-electron chi connectivity index (χ2n) is 4.01. The van der Waals surface area contributed by atoms with Gasteiger partial charge in [-0.3, -0.25) is 0 Å². The molecule has 1 fully saturated rings. The largest absolute Gasteiger partial charge is 0.495 e. The molecule has 0 amide bonds. The van der Waals surface area contributed by atoms with Crippen LogP contribution in [0.25, 0.3) is 0 Å². The summed E-state index contributed by atoms with van der Waals surface area (Å²) >= 11 is 12.3. The molecule has 4 heteroatoms. The minimum absolute atomic E-state index is 0.324. The predicted molar refractivity (Wildman–Crippen MR) is 67.6 cm³/mol. The van der Waals surface area contributed by atoms with E-state index in [4.69, 9.17) is 27.9 Å². The van der Waals surface area contributed by atoms with E-state index in [1.807, 2.05) is 6.07 Å². The van der Waals surface area contributed by atoms with Crippen LogP contribution in [-0.2, 0) is 0 Å². The van der Waals surface area contributed by atoms with Crippen LogP contribution in [0, 0.1) is 0 Å². The van der Waals surface area contributed by atoms with Crippen molar-refractivity contribution in [1.82, 2.24) is 5.32 Å². The molecule has 16 heavy (non-hydrogen) atoms. The molecule has 1 unspecified atom stereocenters. The zero-order chi connectivity index (χ0) is 11.5. The second kappa shape index (κ2) is 5.26. The molecule has 1 aromatic rings. The Balaban J connectivity index is 2.29. The first-order chi connectivity index (χ1) is 7.72. The van der Waals surface area contributed by atoms with Crippen molar-refractivity contribution in [2.75, 3.05) is 13.7 Å². The van der Waals surface area contributed by atoms with Gasteiger partial charge in [-0.2, -0.15) is 0 Å². The summed E-state index contributed by atoms with van der Waals surface area (Å²) < 4.78 is 5.13. The van der Waals surface area contributed by atoms with Crippen molar-refractivity contribution >= 4 is 23.2 Å². The monoisotopic (exact) mass is 259 g/mol. The first kappa shape index (κ1) is 12.0. The molecule has 0 aliphatic carbocycles. The van der Waals surface area contributed by atoms with Crippen molar-refractivity contribution in [2.45, 2.75) is 25.3 Å². The number of piperidine rings is 1. The van der Waals surface area contributed by atoms with Gasteiger partial charge in [0.05, 0.1) is 12.1 Å². The minimum Gasteiger partial charge on any atom is -0.495 e. The molecule has 1 N–H and O–H groups in total. The van der Waals surface area contributed by atoms with Crippen LogP contribution in [0.15, 0.2) is 12.1 Å². The Labute approximate surface area is 106 Å². The van der Waals surface area contributed by atoms with E-state index >= 15 is 0 Å². The van der Waals surface area contributed by atoms with E-state index in [0.717, 1.165) is 23.6 Å². The Bertz CT molecular complexity index is 376. The van der Waals surface area contributed by atoms with Crippen molar-refractivity contribution in [1.29, 1.82) is 0 Å². The third-order valence-electron chi connectivity index (χ3n) is 2.96. The zero-order valence-electron chi connectivity index (χ0n) is 9.22. The van der Waals surface area contributed by atoms with Crippen LogP contribution in [0.4, 0.5) is 0 Å². The lowest BCUT2D eigenvalue weighted by atomic mass is 9.97. The fourth-order valence-corrected chi connectivity index (χ4v) is 2.62. The maximum atomic E-state index is 6.23. The fraction of sp³-hybridized carbons (Fsp3) is 0.500. The third-order valence-corrected chi connectivity index (χ3v) is 3.58. The van der Waals surface area contributed by atoms with E-state index in [2.05, 4.69) is 5.32 Å². The Kier molecular flexibility index (Phi) is 3.95. The first-order valence-corrected chi connectivity index (χ1v) is 6.24. The van der Waals surface area contributed by atoms with Crippen LogP contribution in [-0.4, -0.2) is 13.7 Å². The Morgan fingerprint density at radius 3 is 2.69 bits per heavy atom. The Hall–Kier alpha value is -0.440. The average Bonchev–Trinajstić information content (AvgIpc) is 2.32. The molecule has 1 aliphatic heterocycles. The van der Waals surface area contributed by atoms with Crippen molar-refractivity contribution < 1.29 is 4.74 Å². The topological polar surface area (TPSA) is 21.3 Å². The van der Waals surface area contributed by atoms with Gasteiger partial charge >= 0.3 is 0 Å². The smallest absolute Gasteiger partial charge is 0.138 e. The highest BCUT2D eigenvalue weighted by Gasteiger charge is 2.19. The highest BCUT2D eigenvalue weighted by atomic mass is 35.5. The summed E-state index contributed by atoms with van der Waals surface area (Å²) in [5.74, 6) is 0.631. The molecular formula is C12H15Cl2NO. The van der Waals surface area contributed by atoms with Crippen molar-refractivity contribution in [3.8, 4) is 5.75 Å². The van der Waals surface area contributed by atoms with E-state index < -0.39 is 0 Å². The number of hydrogen-bond donors (Lipinski definition) is 1. The molecule has 2 nitrogen and oxygen atoms in total. The molecule has 2 rings (SSSR count). The fourth-order valence-electron chi connectivity index (χ4n) is 2.08. The SMILES string of the molecule is COc1cc(Cl)c(C2CCCCN2)cc1Cl. The summed E-state index contributed by atoms with van der Waals surface area (Å²) in [6.45, 7) is 1.05. The molecule has 0 saturated carbocycles. The lowest BCUT2D eigenvalue weighted by Crippen LogP contribution is -2.27. The van der Waals surface area contributed by atoms with E-state index in [1.54, 1.807) is 13.2 Å². The molecule has 0 bridgehead atoms. The molecule has 0 spiro atoms. The summed E-state index contributed by atoms with van der Waals surface area (Å²) in [5.41, 5.74) is 1.08. The van der Waals surface area contributed by atoms with Gasteiger partial charge in [-0.1, -0.05) is 29.6 Å². The summed E-state index contributed by atoms with van der Waals surface area (Å²) in [5, 5.41) is 4.80. The van der Waals surface area contributed by atoms with Gasteiger partial charge < -0.3 is 10.1 Å². The molecule has 1 saturated heterocycles. The molecular weight excluding hydrogens is 245 g/mol. The Morgan fingerprint density at radius 1 is 1.25 bits per heavy atom. The maximum Gasteiger partial charge on any atom is 0.138 e. The number of methoxy groups -OCH3 is 1. The van der Waals surface area contributed by atoms with Crippen LogP contribution in [0.2, 0.25) is 10.0 Å². The summed E-state index contributed by atoms with van der Waals surface area (Å²) in [6, 6.07) is 4.02. The average molecular weight is 260 g/mol. The number of nitrogens with one attached hydrogen (secondary N) is 1. The van der Waals surface area contributed by atoms with Crippen molar-refractivity contribution in [3.63, 3.8) is 0 Å². The van der Waals surface area contributed by atoms with Gasteiger partial charge in [0.2, 0.25) is 0 Å². The summed E-state index contributed by atoms with van der Waals surface area (Å²) in [7, 11) is 1.59. The van der Waals surface area contributed by atoms with Gasteiger partial charge in [0.1, 0.15) is 5.75 Å². The van der Waals surface area contributed by atoms with Gasteiger partial charge in [-0.25, -0.2) is 0 Å². The second-order valence-corrected chi connectivity index (χ2v) is 4.83. The molecule has 1 atom stereocenters. The summed E-state index contributed by atoms with van der Waals surface area (Å²) in [6.07, 6.45) is 3.58. The lowest BCUT2D eigenvalue weighted by molar-refractivity contribution is 0.406. The van der Waals surface area contributed by atoms with Crippen LogP contribution >= 0.6 is 23.2 Å². The molecule has 1 aliphatic rings. The standard InChI is InChI=1S/C12H15Cl2NO/c1-16-12-7-9(13)8(6-10(12)14)11-4-2-3-5-15-11/h6-7,11,15H,2-5H2,1H3. The van der Waals surface area contributed by atoms with E-state index in [9.17, 15) is 0 Å². The van der Waals surface area contributed by atoms with Crippen LogP contribution < -0.4 is 10.1 Å². The van der Waals surface area contributed by atoms with Gasteiger partial charge in [-0.05, 0) is 31.0 Å². The number of halogens is 2. The quantitative estimate of drug-likeness (QED) is 0.872. The zero-order valence-corrected chi connectivity index (χ0v) is 10.7. The number of rotatable bonds is 2. The third kappa shape index (κ3) is 2.45. The number of ether oxygens (including phenoxy) is 1. The highest BCUT2D eigenvalue weighted by molar-refractivity contribution is 6.34. The van der Waals surface area contributed by atoms with Gasteiger partial charge in [0, 0.05) is 17.1 Å². The van der Waals surface area contributed by atoms with Crippen molar-refractivity contribution in [2.24, 2.45) is 0 Å². The van der Waals surface area contributed by atoms with E-state index in [0.29, 0.717) is 16.8 Å².